The second-order valence-electron chi connectivity index (χ2n) is 9.34. The average molecular weight is 519 g/mol. The number of halogens is 3. The highest BCUT2D eigenvalue weighted by Gasteiger charge is 2.40. The molecule has 0 unspecified atom stereocenters. The largest absolute Gasteiger partial charge is 0.423 e. The van der Waals surface area contributed by atoms with Crippen molar-refractivity contribution in [3.63, 3.8) is 0 Å². The number of nitrogens with zero attached hydrogens (tertiary/aromatic N) is 7. The van der Waals surface area contributed by atoms with Crippen LogP contribution in [0, 0.1) is 11.3 Å². The first-order valence-corrected chi connectivity index (χ1v) is 12.2. The number of anilines is 2. The van der Waals surface area contributed by atoms with Crippen molar-refractivity contribution in [2.24, 2.45) is 0 Å². The van der Waals surface area contributed by atoms with Crippen LogP contribution in [0.5, 0.6) is 0 Å². The Kier molecular flexibility index (Phi) is 7.97. The predicted octanol–water partition coefficient (Wildman–Crippen LogP) is 1.69. The van der Waals surface area contributed by atoms with Gasteiger partial charge in [0.15, 0.2) is 0 Å². The quantitative estimate of drug-likeness (QED) is 0.590. The number of H-pyrrole nitrogens is 1. The summed E-state index contributed by atoms with van der Waals surface area (Å²) in [6.45, 7) is 3.76. The molecule has 2 aliphatic rings. The molecule has 0 spiro atoms. The van der Waals surface area contributed by atoms with Crippen molar-refractivity contribution in [3.8, 4) is 6.07 Å². The van der Waals surface area contributed by atoms with Gasteiger partial charge in [-0.05, 0) is 32.0 Å². The monoisotopic (exact) mass is 518 g/mol. The van der Waals surface area contributed by atoms with Crippen LogP contribution in [-0.4, -0.2) is 89.8 Å². The molecule has 13 heteroatoms. The SMILES string of the molecule is CN(CCC(=O)N1CCN(c2ccc(C#N)cn2)CC1)C[C@@H]1CCCN1c1cn[nH]c(=O)c1C(F)(F)F. The maximum absolute atomic E-state index is 13.5. The van der Waals surface area contributed by atoms with E-state index in [-0.39, 0.29) is 17.6 Å². The molecule has 4 heterocycles. The second kappa shape index (κ2) is 11.2. The van der Waals surface area contributed by atoms with Gasteiger partial charge in [-0.15, -0.1) is 0 Å². The normalized spacial score (nSPS) is 18.4. The summed E-state index contributed by atoms with van der Waals surface area (Å²) in [5.74, 6) is 0.803. The van der Waals surface area contributed by atoms with Gasteiger partial charge in [-0.3, -0.25) is 9.59 Å². The summed E-state index contributed by atoms with van der Waals surface area (Å²) in [4.78, 5) is 36.4. The summed E-state index contributed by atoms with van der Waals surface area (Å²) in [5.41, 5.74) is -2.16. The molecular formula is C24H29F3N8O2. The summed E-state index contributed by atoms with van der Waals surface area (Å²) in [7, 11) is 1.85. The van der Waals surface area contributed by atoms with Gasteiger partial charge in [0.25, 0.3) is 5.56 Å². The van der Waals surface area contributed by atoms with Gasteiger partial charge in [0.1, 0.15) is 17.5 Å². The van der Waals surface area contributed by atoms with Crippen molar-refractivity contribution in [3.05, 3.63) is 46.0 Å². The number of amides is 1. The van der Waals surface area contributed by atoms with Gasteiger partial charge in [-0.1, -0.05) is 0 Å². The number of carbonyl (C=O) groups is 1. The molecule has 0 saturated carbocycles. The van der Waals surface area contributed by atoms with Gasteiger partial charge in [-0.25, -0.2) is 10.1 Å². The maximum atomic E-state index is 13.5. The van der Waals surface area contributed by atoms with Crippen LogP contribution in [-0.2, 0) is 11.0 Å². The minimum atomic E-state index is -4.78. The molecule has 0 bridgehead atoms. The lowest BCUT2D eigenvalue weighted by Gasteiger charge is -2.36. The van der Waals surface area contributed by atoms with Gasteiger partial charge < -0.3 is 19.6 Å². The highest BCUT2D eigenvalue weighted by molar-refractivity contribution is 5.76. The molecule has 2 aromatic heterocycles. The molecule has 0 aromatic carbocycles. The van der Waals surface area contributed by atoms with Gasteiger partial charge in [0, 0.05) is 64.5 Å². The zero-order valence-corrected chi connectivity index (χ0v) is 20.5. The Morgan fingerprint density at radius 3 is 2.62 bits per heavy atom. The molecule has 2 aliphatic heterocycles. The fraction of sp³-hybridized carbons (Fsp3) is 0.542. The van der Waals surface area contributed by atoms with Crippen molar-refractivity contribution < 1.29 is 18.0 Å². The molecule has 4 rings (SSSR count). The van der Waals surface area contributed by atoms with E-state index in [9.17, 15) is 22.8 Å². The van der Waals surface area contributed by atoms with Gasteiger partial charge >= 0.3 is 6.18 Å². The number of hydrogen-bond acceptors (Lipinski definition) is 8. The van der Waals surface area contributed by atoms with Crippen LogP contribution in [0.4, 0.5) is 24.7 Å². The molecule has 37 heavy (non-hydrogen) atoms. The molecule has 2 aromatic rings. The number of pyridine rings is 1. The smallest absolute Gasteiger partial charge is 0.365 e. The number of piperazine rings is 1. The zero-order chi connectivity index (χ0) is 26.6. The third-order valence-corrected chi connectivity index (χ3v) is 6.87. The number of nitriles is 1. The third-order valence-electron chi connectivity index (χ3n) is 6.87. The Bertz CT molecular complexity index is 1190. The Labute approximate surface area is 212 Å². The lowest BCUT2D eigenvalue weighted by atomic mass is 10.1. The zero-order valence-electron chi connectivity index (χ0n) is 20.5. The molecule has 1 atom stereocenters. The van der Waals surface area contributed by atoms with E-state index in [1.165, 1.54) is 6.20 Å². The van der Waals surface area contributed by atoms with E-state index in [0.717, 1.165) is 12.0 Å². The number of hydrogen-bond donors (Lipinski definition) is 1. The van der Waals surface area contributed by atoms with Gasteiger partial charge in [0.2, 0.25) is 5.91 Å². The molecular weight excluding hydrogens is 489 g/mol. The standard InChI is InChI=1S/C24H29F3N8O2/c1-32(16-18-3-2-7-35(18)19-15-30-31-23(37)22(19)24(25,26)27)8-6-21(36)34-11-9-33(10-12-34)20-5-4-17(13-28)14-29-20/h4-5,14-15,18H,2-3,6-12,16H2,1H3,(H,31,37)/t18-/m0/s1. The van der Waals surface area contributed by atoms with Crippen molar-refractivity contribution >= 4 is 17.4 Å². The Balaban J connectivity index is 1.28. The number of aromatic amines is 1. The number of aromatic nitrogens is 3. The van der Waals surface area contributed by atoms with E-state index >= 15 is 0 Å². The van der Waals surface area contributed by atoms with Crippen LogP contribution < -0.4 is 15.4 Å². The Morgan fingerprint density at radius 1 is 1.22 bits per heavy atom. The van der Waals surface area contributed by atoms with E-state index in [2.05, 4.69) is 15.0 Å². The lowest BCUT2D eigenvalue weighted by molar-refractivity contribution is -0.138. The highest BCUT2D eigenvalue weighted by Crippen LogP contribution is 2.36. The fourth-order valence-electron chi connectivity index (χ4n) is 4.94. The Morgan fingerprint density at radius 2 is 1.97 bits per heavy atom. The number of likely N-dealkylation sites (N-methyl/N-ethyl adjacent to an activating group) is 1. The summed E-state index contributed by atoms with van der Waals surface area (Å²) in [5, 5.41) is 14.4. The van der Waals surface area contributed by atoms with Crippen LogP contribution >= 0.6 is 0 Å². The highest BCUT2D eigenvalue weighted by atomic mass is 19.4. The molecule has 2 fully saturated rings. The molecule has 1 amide bonds. The van der Waals surface area contributed by atoms with Crippen molar-refractivity contribution in [2.75, 3.05) is 62.7 Å². The van der Waals surface area contributed by atoms with E-state index < -0.39 is 17.3 Å². The first-order valence-electron chi connectivity index (χ1n) is 12.2. The number of nitrogens with one attached hydrogen (secondary N) is 1. The molecule has 10 nitrogen and oxygen atoms in total. The lowest BCUT2D eigenvalue weighted by Crippen LogP contribution is -2.49. The van der Waals surface area contributed by atoms with Crippen molar-refractivity contribution in [1.82, 2.24) is 25.0 Å². The van der Waals surface area contributed by atoms with Crippen LogP contribution in [0.15, 0.2) is 29.3 Å². The van der Waals surface area contributed by atoms with Gasteiger partial charge in [-0.2, -0.15) is 23.5 Å². The average Bonchev–Trinajstić information content (AvgIpc) is 3.34. The molecule has 1 N–H and O–H groups in total. The summed E-state index contributed by atoms with van der Waals surface area (Å²) < 4.78 is 40.6. The van der Waals surface area contributed by atoms with Crippen molar-refractivity contribution in [2.45, 2.75) is 31.5 Å². The molecule has 0 radical (unpaired) electrons. The number of alkyl halides is 3. The molecule has 198 valence electrons. The predicted molar refractivity (Wildman–Crippen MR) is 130 cm³/mol. The third kappa shape index (κ3) is 6.19. The van der Waals surface area contributed by atoms with Crippen LogP contribution in [0.1, 0.15) is 30.4 Å². The minimum Gasteiger partial charge on any atom is -0.365 e. The topological polar surface area (TPSA) is 112 Å². The van der Waals surface area contributed by atoms with Gasteiger partial charge in [0.05, 0.1) is 17.4 Å². The van der Waals surface area contributed by atoms with E-state index in [1.807, 2.05) is 28.0 Å². The van der Waals surface area contributed by atoms with E-state index in [4.69, 9.17) is 5.26 Å². The Hall–Kier alpha value is -3.66. The van der Waals surface area contributed by atoms with Crippen molar-refractivity contribution in [1.29, 1.82) is 5.26 Å². The fourth-order valence-corrected chi connectivity index (χ4v) is 4.94. The number of carbonyl (C=O) groups excluding carboxylic acids is 1. The van der Waals surface area contributed by atoms with E-state index in [0.29, 0.717) is 70.6 Å². The first-order chi connectivity index (χ1) is 17.7. The first kappa shape index (κ1) is 26.4. The second-order valence-corrected chi connectivity index (χ2v) is 9.34. The molecule has 2 saturated heterocycles. The summed E-state index contributed by atoms with van der Waals surface area (Å²) in [6.07, 6.45) is -0.479. The summed E-state index contributed by atoms with van der Waals surface area (Å²) in [6, 6.07) is 5.35. The van der Waals surface area contributed by atoms with Crippen LogP contribution in [0.2, 0.25) is 0 Å². The van der Waals surface area contributed by atoms with Crippen LogP contribution in [0.3, 0.4) is 0 Å². The minimum absolute atomic E-state index is 0.0284. The molecule has 0 aliphatic carbocycles. The summed E-state index contributed by atoms with van der Waals surface area (Å²) >= 11 is 0. The van der Waals surface area contributed by atoms with Crippen LogP contribution in [0.25, 0.3) is 0 Å². The number of rotatable bonds is 7. The van der Waals surface area contributed by atoms with E-state index in [1.54, 1.807) is 17.0 Å². The maximum Gasteiger partial charge on any atom is 0.423 e.